The summed E-state index contributed by atoms with van der Waals surface area (Å²) in [6.07, 6.45) is 2.64. The van der Waals surface area contributed by atoms with E-state index in [1.165, 1.54) is 12.1 Å². The summed E-state index contributed by atoms with van der Waals surface area (Å²) < 4.78 is 0. The van der Waals surface area contributed by atoms with Gasteiger partial charge in [0, 0.05) is 35.4 Å². The highest BCUT2D eigenvalue weighted by molar-refractivity contribution is 5.82. The van der Waals surface area contributed by atoms with E-state index in [0.29, 0.717) is 44.2 Å². The topological polar surface area (TPSA) is 83.8 Å². The molecule has 1 aromatic carbocycles. The molecule has 0 spiro atoms. The molecule has 3 atom stereocenters. The molecule has 5 heteroatoms. The number of hydrogen-bond acceptors (Lipinski definition) is 5. The first-order chi connectivity index (χ1) is 10.0. The number of phenolic OH excluding ortho intramolecular Hbond substituents is 2. The maximum absolute atomic E-state index is 12.2. The van der Waals surface area contributed by atoms with Gasteiger partial charge < -0.3 is 20.5 Å². The van der Waals surface area contributed by atoms with Crippen LogP contribution in [0.25, 0.3) is 0 Å². The van der Waals surface area contributed by atoms with Gasteiger partial charge in [-0.15, -0.1) is 0 Å². The Labute approximate surface area is 122 Å². The summed E-state index contributed by atoms with van der Waals surface area (Å²) in [5.74, 6) is 0.570. The molecular weight excluding hydrogens is 270 g/mol. The van der Waals surface area contributed by atoms with Crippen molar-refractivity contribution in [2.45, 2.75) is 43.6 Å². The summed E-state index contributed by atoms with van der Waals surface area (Å²) in [6.45, 7) is 0.392. The molecule has 0 unspecified atom stereocenters. The summed E-state index contributed by atoms with van der Waals surface area (Å²) >= 11 is 0. The van der Waals surface area contributed by atoms with Gasteiger partial charge in [-0.1, -0.05) is 0 Å². The number of rotatable bonds is 0. The van der Waals surface area contributed by atoms with Crippen molar-refractivity contribution in [2.75, 3.05) is 6.54 Å². The molecular formula is C16H18NO4-. The zero-order valence-electron chi connectivity index (χ0n) is 11.7. The van der Waals surface area contributed by atoms with Crippen molar-refractivity contribution in [1.29, 1.82) is 0 Å². The SMILES string of the molecule is O=C1CC[C@H]2[C@H]3Cc4c(O)ccc(O)c4[C@@]2(CCN3[O-])C1. The fourth-order valence-electron chi connectivity index (χ4n) is 4.91. The van der Waals surface area contributed by atoms with E-state index in [4.69, 9.17) is 0 Å². The number of ketones is 1. The first-order valence-electron chi connectivity index (χ1n) is 7.53. The quantitative estimate of drug-likeness (QED) is 0.712. The molecule has 2 bridgehead atoms. The van der Waals surface area contributed by atoms with Gasteiger partial charge in [-0.3, -0.25) is 4.79 Å². The number of fused-ring (bicyclic) bond motifs is 1. The first kappa shape index (κ1) is 13.1. The monoisotopic (exact) mass is 288 g/mol. The number of carbonyl (C=O) groups excluding carboxylic acids is 1. The fourth-order valence-corrected chi connectivity index (χ4v) is 4.91. The molecule has 1 saturated heterocycles. The van der Waals surface area contributed by atoms with E-state index in [1.807, 2.05) is 0 Å². The predicted molar refractivity (Wildman–Crippen MR) is 76.0 cm³/mol. The highest BCUT2D eigenvalue weighted by Crippen LogP contribution is 2.58. The van der Waals surface area contributed by atoms with Crippen LogP contribution in [0.5, 0.6) is 11.5 Å². The number of benzene rings is 1. The van der Waals surface area contributed by atoms with Gasteiger partial charge in [-0.25, -0.2) is 0 Å². The summed E-state index contributed by atoms with van der Waals surface area (Å²) in [7, 11) is 0. The lowest BCUT2D eigenvalue weighted by Crippen LogP contribution is -2.60. The number of hydrogen-bond donors (Lipinski definition) is 2. The molecule has 4 rings (SSSR count). The lowest BCUT2D eigenvalue weighted by atomic mass is 9.52. The number of aromatic hydroxyl groups is 2. The van der Waals surface area contributed by atoms with Crippen molar-refractivity contribution < 1.29 is 15.0 Å². The molecule has 1 aliphatic heterocycles. The van der Waals surface area contributed by atoms with Crippen LogP contribution in [0.2, 0.25) is 0 Å². The van der Waals surface area contributed by atoms with Crippen LogP contribution < -0.4 is 0 Å². The third kappa shape index (κ3) is 1.61. The Morgan fingerprint density at radius 1 is 1.29 bits per heavy atom. The van der Waals surface area contributed by atoms with Crippen molar-refractivity contribution in [3.63, 3.8) is 0 Å². The van der Waals surface area contributed by atoms with Crippen molar-refractivity contribution in [2.24, 2.45) is 5.92 Å². The Hall–Kier alpha value is -1.59. The van der Waals surface area contributed by atoms with Crippen LogP contribution in [0.3, 0.4) is 0 Å². The third-order valence-corrected chi connectivity index (χ3v) is 5.75. The number of piperidine rings is 1. The first-order valence-corrected chi connectivity index (χ1v) is 7.53. The van der Waals surface area contributed by atoms with Gasteiger partial charge in [0.2, 0.25) is 0 Å². The normalized spacial score (nSPS) is 35.2. The zero-order valence-corrected chi connectivity index (χ0v) is 11.7. The lowest BCUT2D eigenvalue weighted by molar-refractivity contribution is -0.126. The molecule has 112 valence electrons. The van der Waals surface area contributed by atoms with E-state index in [0.717, 1.165) is 10.6 Å². The molecule has 5 nitrogen and oxygen atoms in total. The Kier molecular flexibility index (Phi) is 2.63. The van der Waals surface area contributed by atoms with E-state index in [2.05, 4.69) is 0 Å². The van der Waals surface area contributed by atoms with Gasteiger partial charge in [0.05, 0.1) is 0 Å². The highest BCUT2D eigenvalue weighted by Gasteiger charge is 2.55. The summed E-state index contributed by atoms with van der Waals surface area (Å²) in [5, 5.41) is 33.9. The van der Waals surface area contributed by atoms with E-state index in [9.17, 15) is 20.2 Å². The van der Waals surface area contributed by atoms with Crippen LogP contribution in [0.1, 0.15) is 36.8 Å². The molecule has 2 fully saturated rings. The molecule has 2 N–H and O–H groups in total. The smallest absolute Gasteiger partial charge is 0.133 e. The summed E-state index contributed by atoms with van der Waals surface area (Å²) in [6, 6.07) is 2.79. The molecule has 2 aliphatic carbocycles. The van der Waals surface area contributed by atoms with Gasteiger partial charge in [-0.2, -0.15) is 0 Å². The standard InChI is InChI=1S/C16H18NO4/c18-9-1-2-11-12-7-10-13(19)3-4-14(20)15(10)16(11,8-9)5-6-17(12)21/h3-4,11-12,19-20H,1-2,5-8H2/q-1/t11-,12+,16-/m0/s1. The largest absolute Gasteiger partial charge is 0.785 e. The second-order valence-corrected chi connectivity index (χ2v) is 6.64. The maximum atomic E-state index is 12.2. The Balaban J connectivity index is 1.98. The highest BCUT2D eigenvalue weighted by atomic mass is 16.5. The molecule has 1 saturated carbocycles. The van der Waals surface area contributed by atoms with Gasteiger partial charge in [0.15, 0.2) is 0 Å². The van der Waals surface area contributed by atoms with Crippen LogP contribution >= 0.6 is 0 Å². The van der Waals surface area contributed by atoms with E-state index in [1.54, 1.807) is 0 Å². The van der Waals surface area contributed by atoms with Crippen LogP contribution in [-0.4, -0.2) is 33.6 Å². The van der Waals surface area contributed by atoms with Gasteiger partial charge in [-0.05, 0) is 43.9 Å². The molecule has 21 heavy (non-hydrogen) atoms. The number of Topliss-reactive ketones (excluding diaryl/α,β-unsaturated/α-hetero) is 1. The summed E-state index contributed by atoms with van der Waals surface area (Å²) in [5.41, 5.74) is 0.925. The van der Waals surface area contributed by atoms with E-state index < -0.39 is 5.41 Å². The van der Waals surface area contributed by atoms with Gasteiger partial charge >= 0.3 is 0 Å². The zero-order chi connectivity index (χ0) is 14.8. The average molecular weight is 288 g/mol. The molecule has 0 aromatic heterocycles. The van der Waals surface area contributed by atoms with E-state index in [-0.39, 0.29) is 29.2 Å². The second kappa shape index (κ2) is 4.21. The summed E-state index contributed by atoms with van der Waals surface area (Å²) in [4.78, 5) is 12.1. The van der Waals surface area contributed by atoms with Crippen LogP contribution in [-0.2, 0) is 16.6 Å². The molecule has 1 aromatic rings. The third-order valence-electron chi connectivity index (χ3n) is 5.75. The molecule has 0 amide bonds. The van der Waals surface area contributed by atoms with Crippen molar-refractivity contribution >= 4 is 5.78 Å². The van der Waals surface area contributed by atoms with Gasteiger partial charge in [0.25, 0.3) is 0 Å². The second-order valence-electron chi connectivity index (χ2n) is 6.64. The number of nitrogens with zero attached hydrogens (tertiary/aromatic N) is 1. The minimum atomic E-state index is -0.461. The Bertz CT molecular complexity index is 629. The molecule has 1 heterocycles. The van der Waals surface area contributed by atoms with Gasteiger partial charge in [0.1, 0.15) is 17.3 Å². The van der Waals surface area contributed by atoms with Crippen molar-refractivity contribution in [1.82, 2.24) is 5.06 Å². The Morgan fingerprint density at radius 3 is 2.86 bits per heavy atom. The average Bonchev–Trinajstić information content (AvgIpc) is 2.46. The maximum Gasteiger partial charge on any atom is 0.133 e. The Morgan fingerprint density at radius 2 is 2.05 bits per heavy atom. The van der Waals surface area contributed by atoms with Crippen molar-refractivity contribution in [3.05, 3.63) is 28.5 Å². The van der Waals surface area contributed by atoms with Crippen LogP contribution in [0.15, 0.2) is 12.1 Å². The fraction of sp³-hybridized carbons (Fsp3) is 0.562. The predicted octanol–water partition coefficient (Wildman–Crippen LogP) is 1.83. The number of phenols is 2. The minimum absolute atomic E-state index is 0.0987. The van der Waals surface area contributed by atoms with Crippen LogP contribution in [0, 0.1) is 11.1 Å². The number of carbonyl (C=O) groups is 1. The minimum Gasteiger partial charge on any atom is -0.785 e. The van der Waals surface area contributed by atoms with E-state index >= 15 is 0 Å². The van der Waals surface area contributed by atoms with Crippen molar-refractivity contribution in [3.8, 4) is 11.5 Å². The molecule has 3 aliphatic rings. The van der Waals surface area contributed by atoms with Crippen LogP contribution in [0.4, 0.5) is 0 Å². The molecule has 0 radical (unpaired) electrons. The number of hydroxylamine groups is 2. The lowest BCUT2D eigenvalue weighted by Gasteiger charge is -2.60.